The molecule has 2 aromatic heterocycles. The Morgan fingerprint density at radius 3 is 2.55 bits per heavy atom. The smallest absolute Gasteiger partial charge is 0.276 e. The topological polar surface area (TPSA) is 93.7 Å². The van der Waals surface area contributed by atoms with Gasteiger partial charge in [0.2, 0.25) is 5.91 Å². The number of halogens is 1. The van der Waals surface area contributed by atoms with E-state index in [2.05, 4.69) is 10.3 Å². The Morgan fingerprint density at radius 2 is 1.82 bits per heavy atom. The van der Waals surface area contributed by atoms with Crippen LogP contribution in [0.15, 0.2) is 53.2 Å². The van der Waals surface area contributed by atoms with Crippen molar-refractivity contribution in [2.75, 3.05) is 26.2 Å². The van der Waals surface area contributed by atoms with E-state index >= 15 is 0 Å². The third-order valence-corrected chi connectivity index (χ3v) is 6.11. The van der Waals surface area contributed by atoms with Gasteiger partial charge in [-0.05, 0) is 35.9 Å². The number of benzene rings is 1. The Kier molecular flexibility index (Phi) is 5.97. The second-order valence-electron chi connectivity index (χ2n) is 7.88. The summed E-state index contributed by atoms with van der Waals surface area (Å²) in [5.74, 6) is 0.318. The summed E-state index contributed by atoms with van der Waals surface area (Å²) in [5, 5.41) is 9.00. The molecule has 0 unspecified atom stereocenters. The molecule has 10 heteroatoms. The van der Waals surface area contributed by atoms with Crippen LogP contribution in [-0.2, 0) is 22.7 Å². The molecule has 2 aliphatic heterocycles. The normalized spacial score (nSPS) is 18.5. The molecular formula is C23H22ClN5O4. The molecule has 170 valence electrons. The van der Waals surface area contributed by atoms with Crippen molar-refractivity contribution in [3.05, 3.63) is 76.5 Å². The lowest BCUT2D eigenvalue weighted by molar-refractivity contribution is -0.127. The summed E-state index contributed by atoms with van der Waals surface area (Å²) in [6.07, 6.45) is 4.50. The number of hydrogen-bond acceptors (Lipinski definition) is 6. The molecule has 1 saturated heterocycles. The average molecular weight is 468 g/mol. The van der Waals surface area contributed by atoms with E-state index in [1.165, 1.54) is 6.08 Å². The Hall–Kier alpha value is -3.43. The number of amides is 2. The fourth-order valence-corrected chi connectivity index (χ4v) is 4.11. The maximum Gasteiger partial charge on any atom is 0.276 e. The van der Waals surface area contributed by atoms with E-state index in [0.717, 1.165) is 5.56 Å². The van der Waals surface area contributed by atoms with Crippen molar-refractivity contribution in [2.45, 2.75) is 19.3 Å². The minimum absolute atomic E-state index is 0.110. The van der Waals surface area contributed by atoms with Gasteiger partial charge in [-0.2, -0.15) is 0 Å². The molecule has 0 saturated carbocycles. The summed E-state index contributed by atoms with van der Waals surface area (Å²) < 4.78 is 12.9. The Balaban J connectivity index is 1.19. The first kappa shape index (κ1) is 21.4. The second-order valence-corrected chi connectivity index (χ2v) is 8.32. The van der Waals surface area contributed by atoms with E-state index in [1.54, 1.807) is 39.0 Å². The summed E-state index contributed by atoms with van der Waals surface area (Å²) in [5.41, 5.74) is 1.97. The molecule has 9 nitrogen and oxygen atoms in total. The van der Waals surface area contributed by atoms with Gasteiger partial charge in [-0.25, -0.2) is 4.68 Å². The Morgan fingerprint density at radius 1 is 1.06 bits per heavy atom. The molecule has 0 spiro atoms. The van der Waals surface area contributed by atoms with E-state index in [4.69, 9.17) is 20.8 Å². The van der Waals surface area contributed by atoms with Gasteiger partial charge in [0.05, 0.1) is 25.1 Å². The lowest BCUT2D eigenvalue weighted by Gasteiger charge is -2.34. The van der Waals surface area contributed by atoms with Crippen molar-refractivity contribution in [3.63, 3.8) is 0 Å². The predicted molar refractivity (Wildman–Crippen MR) is 119 cm³/mol. The van der Waals surface area contributed by atoms with Gasteiger partial charge in [0.25, 0.3) is 5.91 Å². The van der Waals surface area contributed by atoms with E-state index in [1.807, 2.05) is 24.3 Å². The number of fused-ring (bicyclic) bond motifs is 1. The summed E-state index contributed by atoms with van der Waals surface area (Å²) in [7, 11) is 0. The minimum atomic E-state index is -0.192. The first-order chi connectivity index (χ1) is 16.1. The van der Waals surface area contributed by atoms with Crippen LogP contribution in [0.5, 0.6) is 0 Å². The maximum absolute atomic E-state index is 13.1. The summed E-state index contributed by atoms with van der Waals surface area (Å²) in [6.45, 7) is 2.48. The van der Waals surface area contributed by atoms with Crippen molar-refractivity contribution in [1.29, 1.82) is 0 Å². The quantitative estimate of drug-likeness (QED) is 0.548. The van der Waals surface area contributed by atoms with Gasteiger partial charge in [-0.15, -0.1) is 5.10 Å². The third kappa shape index (κ3) is 4.55. The van der Waals surface area contributed by atoms with Gasteiger partial charge in [0, 0.05) is 37.3 Å². The molecule has 1 aromatic carbocycles. The molecule has 4 heterocycles. The Bertz CT molecular complexity index is 1160. The number of ether oxygens (including phenoxy) is 1. The third-order valence-electron chi connectivity index (χ3n) is 5.85. The van der Waals surface area contributed by atoms with Gasteiger partial charge >= 0.3 is 0 Å². The van der Waals surface area contributed by atoms with E-state index in [0.29, 0.717) is 54.9 Å². The number of carbonyl (C=O) groups is 2. The Labute approximate surface area is 195 Å². The van der Waals surface area contributed by atoms with E-state index in [9.17, 15) is 9.59 Å². The van der Waals surface area contributed by atoms with Crippen LogP contribution in [0.2, 0.25) is 5.02 Å². The van der Waals surface area contributed by atoms with Crippen molar-refractivity contribution in [2.24, 2.45) is 0 Å². The van der Waals surface area contributed by atoms with Gasteiger partial charge < -0.3 is 19.0 Å². The molecule has 1 fully saturated rings. The van der Waals surface area contributed by atoms with Crippen molar-refractivity contribution in [1.82, 2.24) is 24.8 Å². The number of rotatable bonds is 4. The summed E-state index contributed by atoms with van der Waals surface area (Å²) in [6, 6.07) is 11.0. The molecule has 0 aliphatic carbocycles. The number of furan rings is 1. The molecule has 33 heavy (non-hydrogen) atoms. The number of hydrogen-bond donors (Lipinski definition) is 0. The first-order valence-electron chi connectivity index (χ1n) is 10.7. The van der Waals surface area contributed by atoms with Crippen molar-refractivity contribution in [3.8, 4) is 0 Å². The largest absolute Gasteiger partial charge is 0.465 e. The zero-order valence-electron chi connectivity index (χ0n) is 17.8. The van der Waals surface area contributed by atoms with Gasteiger partial charge in [-0.1, -0.05) is 28.9 Å². The van der Waals surface area contributed by atoms with E-state index < -0.39 is 0 Å². The fraction of sp³-hybridized carbons (Fsp3) is 0.304. The fourth-order valence-electron chi connectivity index (χ4n) is 3.98. The number of aromatic nitrogens is 3. The minimum Gasteiger partial charge on any atom is -0.465 e. The highest BCUT2D eigenvalue weighted by atomic mass is 35.5. The molecule has 1 atom stereocenters. The van der Waals surface area contributed by atoms with Crippen LogP contribution in [0.1, 0.15) is 33.6 Å². The number of piperazine rings is 1. The number of carbonyl (C=O) groups excluding carboxylic acids is 2. The van der Waals surface area contributed by atoms with Crippen LogP contribution in [-0.4, -0.2) is 62.8 Å². The summed E-state index contributed by atoms with van der Waals surface area (Å²) >= 11 is 5.97. The highest BCUT2D eigenvalue weighted by Crippen LogP contribution is 2.28. The SMILES string of the molecule is O=C(/C=C/c1ccco1)N1CCN(C(=O)c2nnn3c2CO[C@@H](c2ccc(Cl)cc2)C3)CC1. The first-order valence-corrected chi connectivity index (χ1v) is 11.1. The van der Waals surface area contributed by atoms with Crippen LogP contribution in [0, 0.1) is 0 Å². The highest BCUT2D eigenvalue weighted by Gasteiger charge is 2.31. The van der Waals surface area contributed by atoms with Crippen LogP contribution in [0.4, 0.5) is 0 Å². The average Bonchev–Trinajstić information content (AvgIpc) is 3.52. The molecular weight excluding hydrogens is 446 g/mol. The van der Waals surface area contributed by atoms with Crippen LogP contribution < -0.4 is 0 Å². The lowest BCUT2D eigenvalue weighted by atomic mass is 10.1. The second kappa shape index (κ2) is 9.21. The maximum atomic E-state index is 13.1. The van der Waals surface area contributed by atoms with E-state index in [-0.39, 0.29) is 24.5 Å². The summed E-state index contributed by atoms with van der Waals surface area (Å²) in [4.78, 5) is 28.9. The van der Waals surface area contributed by atoms with Crippen LogP contribution >= 0.6 is 11.6 Å². The van der Waals surface area contributed by atoms with Gasteiger partial charge in [-0.3, -0.25) is 9.59 Å². The molecule has 5 rings (SSSR count). The molecule has 0 bridgehead atoms. The predicted octanol–water partition coefficient (Wildman–Crippen LogP) is 2.79. The molecule has 2 amide bonds. The van der Waals surface area contributed by atoms with Gasteiger partial charge in [0.15, 0.2) is 5.69 Å². The van der Waals surface area contributed by atoms with Crippen molar-refractivity contribution < 1.29 is 18.7 Å². The molecule has 3 aromatic rings. The van der Waals surface area contributed by atoms with Crippen molar-refractivity contribution >= 4 is 29.5 Å². The van der Waals surface area contributed by atoms with Crippen LogP contribution in [0.25, 0.3) is 6.08 Å². The zero-order chi connectivity index (χ0) is 22.8. The van der Waals surface area contributed by atoms with Crippen LogP contribution in [0.3, 0.4) is 0 Å². The van der Waals surface area contributed by atoms with Gasteiger partial charge in [0.1, 0.15) is 11.9 Å². The zero-order valence-corrected chi connectivity index (χ0v) is 18.5. The lowest BCUT2D eigenvalue weighted by Crippen LogP contribution is -2.50. The highest BCUT2D eigenvalue weighted by molar-refractivity contribution is 6.30. The standard InChI is InChI=1S/C23H22ClN5O4/c24-17-5-3-16(4-6-17)20-14-29-19(15-33-20)22(25-26-29)23(31)28-11-9-27(10-12-28)21(30)8-7-18-2-1-13-32-18/h1-8,13,20H,9-12,14-15H2/b8-7+/t20-/m1/s1. The number of nitrogens with zero attached hydrogens (tertiary/aromatic N) is 5. The molecule has 0 N–H and O–H groups in total. The molecule has 2 aliphatic rings. The molecule has 0 radical (unpaired) electrons. The monoisotopic (exact) mass is 467 g/mol.